The van der Waals surface area contributed by atoms with Gasteiger partial charge in [-0.15, -0.1) is 0 Å². The Hall–Kier alpha value is -2.67. The van der Waals surface area contributed by atoms with E-state index in [4.69, 9.17) is 4.74 Å². The number of amides is 1. The van der Waals surface area contributed by atoms with Crippen LogP contribution >= 0.6 is 0 Å². The lowest BCUT2D eigenvalue weighted by Crippen LogP contribution is -2.35. The van der Waals surface area contributed by atoms with E-state index < -0.39 is 11.7 Å². The molecule has 0 aliphatic carbocycles. The monoisotopic (exact) mass is 390 g/mol. The van der Waals surface area contributed by atoms with Crippen LogP contribution in [0.1, 0.15) is 29.5 Å². The lowest BCUT2D eigenvalue weighted by molar-refractivity contribution is -0.137. The number of hydrogen-bond acceptors (Lipinski definition) is 3. The predicted octanol–water partition coefficient (Wildman–Crippen LogP) is 4.32. The fourth-order valence-electron chi connectivity index (χ4n) is 3.07. The second-order valence-electron chi connectivity index (χ2n) is 6.67. The van der Waals surface area contributed by atoms with Crippen molar-refractivity contribution in [2.75, 3.05) is 13.2 Å². The van der Waals surface area contributed by atoms with Gasteiger partial charge >= 0.3 is 6.18 Å². The maximum atomic E-state index is 12.8. The van der Waals surface area contributed by atoms with Crippen molar-refractivity contribution in [3.05, 3.63) is 71.6 Å². The van der Waals surface area contributed by atoms with Crippen molar-refractivity contribution in [2.45, 2.75) is 31.7 Å². The van der Waals surface area contributed by atoms with Crippen LogP contribution < -0.4 is 0 Å². The summed E-state index contributed by atoms with van der Waals surface area (Å²) >= 11 is 0. The van der Waals surface area contributed by atoms with E-state index in [0.717, 1.165) is 30.5 Å². The molecule has 0 N–H and O–H groups in total. The minimum absolute atomic E-state index is 0.0254. The summed E-state index contributed by atoms with van der Waals surface area (Å²) in [5.74, 6) is -0.281. The maximum Gasteiger partial charge on any atom is 0.416 e. The molecule has 1 atom stereocenters. The molecule has 1 aliphatic heterocycles. The van der Waals surface area contributed by atoms with Crippen LogP contribution in [0.2, 0.25) is 0 Å². The van der Waals surface area contributed by atoms with Gasteiger partial charge in [-0.2, -0.15) is 13.2 Å². The third-order valence-corrected chi connectivity index (χ3v) is 4.49. The summed E-state index contributed by atoms with van der Waals surface area (Å²) in [6.07, 6.45) is 3.45. The van der Waals surface area contributed by atoms with Crippen LogP contribution in [0.3, 0.4) is 0 Å². The van der Waals surface area contributed by atoms with Crippen LogP contribution in [0, 0.1) is 0 Å². The molecule has 3 rings (SSSR count). The normalized spacial score (nSPS) is 17.2. The number of rotatable bonds is 6. The van der Waals surface area contributed by atoms with Crippen molar-refractivity contribution in [3.63, 3.8) is 0 Å². The molecular formula is C21H21F3N2O2. The van der Waals surface area contributed by atoms with E-state index in [1.165, 1.54) is 24.3 Å². The second-order valence-corrected chi connectivity index (χ2v) is 6.67. The van der Waals surface area contributed by atoms with Crippen LogP contribution in [-0.2, 0) is 22.3 Å². The van der Waals surface area contributed by atoms with Crippen LogP contribution in [0.15, 0.2) is 54.9 Å². The Morgan fingerprint density at radius 1 is 1.29 bits per heavy atom. The summed E-state index contributed by atoms with van der Waals surface area (Å²) in [7, 11) is 0. The standard InChI is InChI=1S/C21H21F3N2O2/c22-21(23,24)18-6-1-4-16(12-18)8-9-20(27)26(15-19-7-3-11-28-19)14-17-5-2-10-25-13-17/h1-2,4-6,8-10,12-13,19H,3,7,11,14-15H2/b9-8+. The zero-order valence-corrected chi connectivity index (χ0v) is 15.2. The van der Waals surface area contributed by atoms with Gasteiger partial charge in [-0.3, -0.25) is 9.78 Å². The maximum absolute atomic E-state index is 12.8. The topological polar surface area (TPSA) is 42.4 Å². The van der Waals surface area contributed by atoms with Crippen molar-refractivity contribution in [1.29, 1.82) is 0 Å². The van der Waals surface area contributed by atoms with Gasteiger partial charge < -0.3 is 9.64 Å². The molecule has 2 heterocycles. The first-order chi connectivity index (χ1) is 13.4. The average molecular weight is 390 g/mol. The predicted molar refractivity (Wildman–Crippen MR) is 99.1 cm³/mol. The van der Waals surface area contributed by atoms with Crippen molar-refractivity contribution in [1.82, 2.24) is 9.88 Å². The molecule has 0 spiro atoms. The molecule has 1 aliphatic rings. The van der Waals surface area contributed by atoms with E-state index >= 15 is 0 Å². The van der Waals surface area contributed by atoms with Crippen molar-refractivity contribution < 1.29 is 22.7 Å². The SMILES string of the molecule is O=C(/C=C/c1cccc(C(F)(F)F)c1)N(Cc1cccnc1)CC1CCCO1. The Kier molecular flexibility index (Phi) is 6.46. The number of carbonyl (C=O) groups is 1. The van der Waals surface area contributed by atoms with E-state index in [9.17, 15) is 18.0 Å². The summed E-state index contributed by atoms with van der Waals surface area (Å²) in [5, 5.41) is 0. The summed E-state index contributed by atoms with van der Waals surface area (Å²) in [6, 6.07) is 8.56. The van der Waals surface area contributed by atoms with E-state index in [0.29, 0.717) is 25.3 Å². The zero-order valence-electron chi connectivity index (χ0n) is 15.2. The first-order valence-electron chi connectivity index (χ1n) is 9.06. The third-order valence-electron chi connectivity index (χ3n) is 4.49. The Bertz CT molecular complexity index is 816. The number of benzene rings is 1. The molecule has 2 aromatic rings. The van der Waals surface area contributed by atoms with Gasteiger partial charge in [0.15, 0.2) is 0 Å². The molecule has 1 aromatic carbocycles. The molecule has 1 aromatic heterocycles. The Morgan fingerprint density at radius 3 is 2.82 bits per heavy atom. The van der Waals surface area contributed by atoms with E-state index in [2.05, 4.69) is 4.98 Å². The second kappa shape index (κ2) is 9.01. The summed E-state index contributed by atoms with van der Waals surface area (Å²) in [4.78, 5) is 18.4. The van der Waals surface area contributed by atoms with Gasteiger partial charge in [-0.1, -0.05) is 18.2 Å². The number of halogens is 3. The van der Waals surface area contributed by atoms with Crippen LogP contribution in [-0.4, -0.2) is 35.0 Å². The van der Waals surface area contributed by atoms with Gasteiger partial charge in [0, 0.05) is 38.2 Å². The van der Waals surface area contributed by atoms with Gasteiger partial charge in [0.2, 0.25) is 5.91 Å². The fourth-order valence-corrected chi connectivity index (χ4v) is 3.07. The van der Waals surface area contributed by atoms with Crippen molar-refractivity contribution in [3.8, 4) is 0 Å². The molecule has 4 nitrogen and oxygen atoms in total. The fraction of sp³-hybridized carbons (Fsp3) is 0.333. The highest BCUT2D eigenvalue weighted by Crippen LogP contribution is 2.29. The summed E-state index contributed by atoms with van der Waals surface area (Å²) in [6.45, 7) is 1.47. The van der Waals surface area contributed by atoms with Gasteiger partial charge in [-0.05, 0) is 48.2 Å². The first-order valence-corrected chi connectivity index (χ1v) is 9.06. The Balaban J connectivity index is 1.73. The molecular weight excluding hydrogens is 369 g/mol. The van der Waals surface area contributed by atoms with Crippen LogP contribution in [0.4, 0.5) is 13.2 Å². The van der Waals surface area contributed by atoms with Crippen LogP contribution in [0.5, 0.6) is 0 Å². The molecule has 1 amide bonds. The number of pyridine rings is 1. The van der Waals surface area contributed by atoms with E-state index in [1.807, 2.05) is 6.07 Å². The lowest BCUT2D eigenvalue weighted by atomic mass is 10.1. The first kappa shape index (κ1) is 20.1. The van der Waals surface area contributed by atoms with Crippen molar-refractivity contribution in [2.24, 2.45) is 0 Å². The average Bonchev–Trinajstić information content (AvgIpc) is 3.19. The van der Waals surface area contributed by atoms with Crippen LogP contribution in [0.25, 0.3) is 6.08 Å². The number of carbonyl (C=O) groups excluding carboxylic acids is 1. The number of aromatic nitrogens is 1. The third kappa shape index (κ3) is 5.66. The molecule has 0 bridgehead atoms. The Labute approximate surface area is 161 Å². The molecule has 148 valence electrons. The highest BCUT2D eigenvalue weighted by atomic mass is 19.4. The molecule has 28 heavy (non-hydrogen) atoms. The minimum Gasteiger partial charge on any atom is -0.376 e. The van der Waals surface area contributed by atoms with Crippen molar-refractivity contribution >= 4 is 12.0 Å². The lowest BCUT2D eigenvalue weighted by Gasteiger charge is -2.24. The molecule has 0 radical (unpaired) electrons. The zero-order chi connectivity index (χ0) is 20.0. The number of alkyl halides is 3. The largest absolute Gasteiger partial charge is 0.416 e. The minimum atomic E-state index is -4.42. The van der Waals surface area contributed by atoms with Gasteiger partial charge in [0.1, 0.15) is 0 Å². The quantitative estimate of drug-likeness (QED) is 0.690. The number of nitrogens with zero attached hydrogens (tertiary/aromatic N) is 2. The van der Waals surface area contributed by atoms with E-state index in [-0.39, 0.29) is 12.0 Å². The summed E-state index contributed by atoms with van der Waals surface area (Å²) in [5.41, 5.74) is 0.455. The number of ether oxygens (including phenoxy) is 1. The highest BCUT2D eigenvalue weighted by Gasteiger charge is 2.30. The molecule has 0 saturated carbocycles. The van der Waals surface area contributed by atoms with Gasteiger partial charge in [0.25, 0.3) is 0 Å². The van der Waals surface area contributed by atoms with Gasteiger partial charge in [-0.25, -0.2) is 0 Å². The molecule has 1 fully saturated rings. The molecule has 7 heteroatoms. The number of hydrogen-bond donors (Lipinski definition) is 0. The molecule has 1 saturated heterocycles. The van der Waals surface area contributed by atoms with E-state index in [1.54, 1.807) is 23.4 Å². The highest BCUT2D eigenvalue weighted by molar-refractivity contribution is 5.91. The smallest absolute Gasteiger partial charge is 0.376 e. The molecule has 1 unspecified atom stereocenters. The summed E-state index contributed by atoms with van der Waals surface area (Å²) < 4.78 is 44.2. The van der Waals surface area contributed by atoms with Gasteiger partial charge in [0.05, 0.1) is 11.7 Å². The Morgan fingerprint density at radius 2 is 2.14 bits per heavy atom.